The highest BCUT2D eigenvalue weighted by Crippen LogP contribution is 2.46. The van der Waals surface area contributed by atoms with Crippen molar-refractivity contribution in [3.8, 4) is 0 Å². The molecule has 0 spiro atoms. The number of amides is 2. The quantitative estimate of drug-likeness (QED) is 0.508. The standard InChI is InChI=1S/C17H14Cl2N4O5/c18-9-5-12(19)15-11(8-2-1-3-10(4-8)23(27)28)7-14(16(24)25)22(13(15)6-9)21-17(20)26/h1-6,11,14H,7H2,(H,24,25)(H3,20,21,26)/t11-,14-/m1/s1. The van der Waals surface area contributed by atoms with Crippen LogP contribution in [0.3, 0.4) is 0 Å². The fourth-order valence-corrected chi connectivity index (χ4v) is 3.97. The molecule has 0 aliphatic carbocycles. The highest BCUT2D eigenvalue weighted by atomic mass is 35.5. The maximum atomic E-state index is 11.9. The summed E-state index contributed by atoms with van der Waals surface area (Å²) < 4.78 is 0. The number of nitro benzene ring substituents is 1. The van der Waals surface area contributed by atoms with Gasteiger partial charge in [-0.3, -0.25) is 15.1 Å². The Labute approximate surface area is 168 Å². The Bertz CT molecular complexity index is 984. The Hall–Kier alpha value is -3.04. The van der Waals surface area contributed by atoms with Gasteiger partial charge >= 0.3 is 12.0 Å². The van der Waals surface area contributed by atoms with Gasteiger partial charge in [-0.1, -0.05) is 35.3 Å². The zero-order chi connectivity index (χ0) is 20.6. The van der Waals surface area contributed by atoms with Gasteiger partial charge in [-0.05, 0) is 24.1 Å². The zero-order valence-electron chi connectivity index (χ0n) is 14.1. The monoisotopic (exact) mass is 424 g/mol. The molecule has 3 rings (SSSR count). The van der Waals surface area contributed by atoms with Gasteiger partial charge in [0, 0.05) is 33.7 Å². The van der Waals surface area contributed by atoms with Gasteiger partial charge in [0.15, 0.2) is 0 Å². The summed E-state index contributed by atoms with van der Waals surface area (Å²) >= 11 is 12.5. The second kappa shape index (κ2) is 7.53. The topological polar surface area (TPSA) is 139 Å². The van der Waals surface area contributed by atoms with Crippen LogP contribution in [0.25, 0.3) is 0 Å². The highest BCUT2D eigenvalue weighted by Gasteiger charge is 2.40. The molecule has 9 nitrogen and oxygen atoms in total. The molecule has 1 aliphatic rings. The minimum Gasteiger partial charge on any atom is -0.480 e. The molecule has 11 heteroatoms. The fraction of sp³-hybridized carbons (Fsp3) is 0.176. The number of aliphatic carboxylic acids is 1. The van der Waals surface area contributed by atoms with E-state index in [4.69, 9.17) is 28.9 Å². The van der Waals surface area contributed by atoms with Gasteiger partial charge in [-0.2, -0.15) is 0 Å². The Morgan fingerprint density at radius 1 is 1.29 bits per heavy atom. The van der Waals surface area contributed by atoms with E-state index >= 15 is 0 Å². The molecule has 0 unspecified atom stereocenters. The molecule has 0 aromatic heterocycles. The molecular weight excluding hydrogens is 411 g/mol. The van der Waals surface area contributed by atoms with Gasteiger partial charge in [0.2, 0.25) is 0 Å². The average molecular weight is 425 g/mol. The van der Waals surface area contributed by atoms with Crippen molar-refractivity contribution in [2.24, 2.45) is 5.73 Å². The van der Waals surface area contributed by atoms with Crippen molar-refractivity contribution in [2.45, 2.75) is 18.4 Å². The summed E-state index contributed by atoms with van der Waals surface area (Å²) in [7, 11) is 0. The van der Waals surface area contributed by atoms with Crippen LogP contribution in [0.2, 0.25) is 10.0 Å². The number of nitro groups is 1. The Balaban J connectivity index is 2.22. The molecule has 0 fully saturated rings. The minimum absolute atomic E-state index is 0.00880. The van der Waals surface area contributed by atoms with Crippen molar-refractivity contribution in [1.29, 1.82) is 0 Å². The molecule has 1 aliphatic heterocycles. The number of anilines is 1. The number of rotatable bonds is 4. The van der Waals surface area contributed by atoms with E-state index < -0.39 is 28.9 Å². The normalized spacial score (nSPS) is 18.3. The summed E-state index contributed by atoms with van der Waals surface area (Å²) in [6.45, 7) is 0. The Kier molecular flexibility index (Phi) is 5.30. The number of carboxylic acids is 1. The first-order valence-corrected chi connectivity index (χ1v) is 8.76. The van der Waals surface area contributed by atoms with Crippen LogP contribution in [0.4, 0.5) is 16.2 Å². The smallest absolute Gasteiger partial charge is 0.331 e. The molecule has 0 saturated heterocycles. The number of carboxylic acid groups (broad SMARTS) is 1. The van der Waals surface area contributed by atoms with Gasteiger partial charge in [-0.15, -0.1) is 0 Å². The highest BCUT2D eigenvalue weighted by molar-refractivity contribution is 6.35. The van der Waals surface area contributed by atoms with Crippen LogP contribution in [0.15, 0.2) is 36.4 Å². The summed E-state index contributed by atoms with van der Waals surface area (Å²) in [5, 5.41) is 22.4. The largest absolute Gasteiger partial charge is 0.480 e. The van der Waals surface area contributed by atoms with E-state index in [1.165, 1.54) is 30.3 Å². The number of non-ortho nitro benzene ring substituents is 1. The number of hydrazine groups is 1. The van der Waals surface area contributed by atoms with Gasteiger partial charge in [0.1, 0.15) is 6.04 Å². The molecule has 4 N–H and O–H groups in total. The van der Waals surface area contributed by atoms with E-state index in [0.29, 0.717) is 11.1 Å². The molecule has 0 saturated carbocycles. The lowest BCUT2D eigenvalue weighted by atomic mass is 9.81. The lowest BCUT2D eigenvalue weighted by Crippen LogP contribution is -2.56. The van der Waals surface area contributed by atoms with Crippen molar-refractivity contribution in [3.05, 3.63) is 67.7 Å². The number of primary amides is 1. The molecule has 2 atom stereocenters. The lowest BCUT2D eigenvalue weighted by molar-refractivity contribution is -0.384. The van der Waals surface area contributed by atoms with E-state index in [1.807, 2.05) is 0 Å². The Morgan fingerprint density at radius 2 is 2.00 bits per heavy atom. The van der Waals surface area contributed by atoms with E-state index in [1.54, 1.807) is 6.07 Å². The van der Waals surface area contributed by atoms with E-state index in [0.717, 1.165) is 5.01 Å². The molecule has 146 valence electrons. The van der Waals surface area contributed by atoms with E-state index in [2.05, 4.69) is 5.43 Å². The van der Waals surface area contributed by atoms with Crippen LogP contribution < -0.4 is 16.2 Å². The number of fused-ring (bicyclic) bond motifs is 1. The number of urea groups is 1. The number of benzene rings is 2. The summed E-state index contributed by atoms with van der Waals surface area (Å²) in [6.07, 6.45) is -0.00880. The second-order valence-electron chi connectivity index (χ2n) is 6.16. The Morgan fingerprint density at radius 3 is 2.61 bits per heavy atom. The first-order valence-electron chi connectivity index (χ1n) is 8.00. The molecule has 28 heavy (non-hydrogen) atoms. The molecular formula is C17H14Cl2N4O5. The first-order chi connectivity index (χ1) is 13.2. The van der Waals surface area contributed by atoms with Gasteiger partial charge in [0.25, 0.3) is 5.69 Å². The molecule has 0 bridgehead atoms. The predicted octanol–water partition coefficient (Wildman–Crippen LogP) is 3.28. The van der Waals surface area contributed by atoms with Crippen LogP contribution in [0, 0.1) is 10.1 Å². The van der Waals surface area contributed by atoms with Crippen molar-refractivity contribution in [3.63, 3.8) is 0 Å². The SMILES string of the molecule is NC(=O)NN1c2cc(Cl)cc(Cl)c2[C@@H](c2cccc([N+](=O)[O-])c2)C[C@@H]1C(=O)O. The summed E-state index contributed by atoms with van der Waals surface area (Å²) in [4.78, 5) is 33.9. The van der Waals surface area contributed by atoms with Crippen molar-refractivity contribution >= 4 is 46.6 Å². The van der Waals surface area contributed by atoms with Gasteiger partial charge in [-0.25, -0.2) is 15.0 Å². The van der Waals surface area contributed by atoms with Crippen LogP contribution in [-0.2, 0) is 4.79 Å². The summed E-state index contributed by atoms with van der Waals surface area (Å²) in [5.41, 5.74) is 8.61. The number of nitrogens with zero attached hydrogens (tertiary/aromatic N) is 2. The van der Waals surface area contributed by atoms with Crippen LogP contribution in [0.5, 0.6) is 0 Å². The maximum absolute atomic E-state index is 11.9. The molecule has 1 heterocycles. The van der Waals surface area contributed by atoms with E-state index in [9.17, 15) is 24.8 Å². The third-order valence-electron chi connectivity index (χ3n) is 4.45. The lowest BCUT2D eigenvalue weighted by Gasteiger charge is -2.40. The third kappa shape index (κ3) is 3.67. The number of carbonyl (C=O) groups is 2. The van der Waals surface area contributed by atoms with Crippen molar-refractivity contribution in [1.82, 2.24) is 5.43 Å². The molecule has 0 radical (unpaired) electrons. The number of halogens is 2. The number of nitrogens with two attached hydrogens (primary N) is 1. The van der Waals surface area contributed by atoms with Gasteiger partial charge in [0.05, 0.1) is 10.6 Å². The number of hydrogen-bond acceptors (Lipinski definition) is 5. The van der Waals surface area contributed by atoms with Gasteiger partial charge < -0.3 is 10.8 Å². The van der Waals surface area contributed by atoms with Crippen molar-refractivity contribution in [2.75, 3.05) is 5.01 Å². The predicted molar refractivity (Wildman–Crippen MR) is 103 cm³/mol. The number of nitrogens with one attached hydrogen (secondary N) is 1. The number of hydrogen-bond donors (Lipinski definition) is 3. The average Bonchev–Trinajstić information content (AvgIpc) is 2.61. The van der Waals surface area contributed by atoms with E-state index in [-0.39, 0.29) is 27.8 Å². The van der Waals surface area contributed by atoms with Crippen LogP contribution >= 0.6 is 23.2 Å². The molecule has 2 amide bonds. The maximum Gasteiger partial charge on any atom is 0.331 e. The molecule has 2 aromatic rings. The minimum atomic E-state index is -1.22. The van der Waals surface area contributed by atoms with Crippen LogP contribution in [0.1, 0.15) is 23.5 Å². The zero-order valence-corrected chi connectivity index (χ0v) is 15.6. The summed E-state index contributed by atoms with van der Waals surface area (Å²) in [6, 6.07) is 6.67. The first kappa shape index (κ1) is 19.7. The summed E-state index contributed by atoms with van der Waals surface area (Å²) in [5.74, 6) is -1.79. The molecule has 2 aromatic carbocycles. The third-order valence-corrected chi connectivity index (χ3v) is 4.98. The fourth-order valence-electron chi connectivity index (χ4n) is 3.36. The number of carbonyl (C=O) groups excluding carboxylic acids is 1. The second-order valence-corrected chi connectivity index (χ2v) is 7.00. The van der Waals surface area contributed by atoms with Crippen LogP contribution in [-0.4, -0.2) is 28.1 Å². The van der Waals surface area contributed by atoms with Crippen molar-refractivity contribution < 1.29 is 19.6 Å².